The number of nitrogens with zero attached hydrogens (tertiary/aromatic N) is 1. The Morgan fingerprint density at radius 2 is 1.86 bits per heavy atom. The second-order valence-corrected chi connectivity index (χ2v) is 8.69. The molecule has 1 fully saturated rings. The Bertz CT molecular complexity index is 288. The minimum absolute atomic E-state index is 0.390. The van der Waals surface area contributed by atoms with Crippen molar-refractivity contribution in [1.82, 2.24) is 10.2 Å². The van der Waals surface area contributed by atoms with Gasteiger partial charge in [-0.05, 0) is 57.5 Å². The molecule has 0 aromatic carbocycles. The molecule has 1 aliphatic rings. The van der Waals surface area contributed by atoms with Gasteiger partial charge in [0.15, 0.2) is 0 Å². The Morgan fingerprint density at radius 3 is 2.33 bits per heavy atom. The van der Waals surface area contributed by atoms with Gasteiger partial charge in [-0.15, -0.1) is 0 Å². The molecule has 0 aromatic heterocycles. The van der Waals surface area contributed by atoms with Gasteiger partial charge in [-0.1, -0.05) is 33.6 Å². The van der Waals surface area contributed by atoms with Crippen molar-refractivity contribution in [3.63, 3.8) is 0 Å². The van der Waals surface area contributed by atoms with E-state index in [0.29, 0.717) is 11.3 Å². The van der Waals surface area contributed by atoms with Crippen molar-refractivity contribution in [3.05, 3.63) is 0 Å². The van der Waals surface area contributed by atoms with Gasteiger partial charge in [0.25, 0.3) is 0 Å². The summed E-state index contributed by atoms with van der Waals surface area (Å²) in [5, 5.41) is 13.7. The first-order valence-electron chi connectivity index (χ1n) is 8.73. The molecule has 1 aliphatic carbocycles. The van der Waals surface area contributed by atoms with Crippen molar-refractivity contribution >= 4 is 0 Å². The van der Waals surface area contributed by atoms with E-state index >= 15 is 0 Å². The summed E-state index contributed by atoms with van der Waals surface area (Å²) in [6, 6.07) is 0. The van der Waals surface area contributed by atoms with Crippen LogP contribution in [0.5, 0.6) is 0 Å². The maximum atomic E-state index is 10.0. The quantitative estimate of drug-likeness (QED) is 0.722. The topological polar surface area (TPSA) is 35.5 Å². The third kappa shape index (κ3) is 7.62. The van der Waals surface area contributed by atoms with Crippen LogP contribution >= 0.6 is 0 Å². The number of nitrogens with one attached hydrogen (secondary N) is 1. The lowest BCUT2D eigenvalue weighted by Gasteiger charge is -2.43. The molecule has 21 heavy (non-hydrogen) atoms. The highest BCUT2D eigenvalue weighted by molar-refractivity contribution is 4.90. The van der Waals surface area contributed by atoms with Crippen molar-refractivity contribution in [2.45, 2.75) is 65.9 Å². The number of rotatable bonds is 8. The van der Waals surface area contributed by atoms with E-state index in [0.717, 1.165) is 32.1 Å². The molecule has 0 amide bonds. The van der Waals surface area contributed by atoms with Crippen molar-refractivity contribution in [2.24, 2.45) is 17.3 Å². The minimum atomic E-state index is -0.608. The van der Waals surface area contributed by atoms with Crippen LogP contribution in [0.15, 0.2) is 0 Å². The van der Waals surface area contributed by atoms with E-state index in [9.17, 15) is 5.11 Å². The standard InChI is InChI=1S/C18H38N2O/c1-15(2)11-19-12-18(9-7-16(3)8-10-18)14-20(6)13-17(4,5)21/h15-16,19,21H,7-14H2,1-6H3. The summed E-state index contributed by atoms with van der Waals surface area (Å²) in [7, 11) is 2.15. The first-order chi connectivity index (χ1) is 9.62. The average Bonchev–Trinajstić information content (AvgIpc) is 2.30. The van der Waals surface area contributed by atoms with E-state index in [2.05, 4.69) is 38.0 Å². The lowest BCUT2D eigenvalue weighted by atomic mass is 9.70. The molecule has 0 unspecified atom stereocenters. The molecule has 1 saturated carbocycles. The summed E-state index contributed by atoms with van der Waals surface area (Å²) in [6.07, 6.45) is 5.32. The van der Waals surface area contributed by atoms with Gasteiger partial charge in [0.2, 0.25) is 0 Å². The highest BCUT2D eigenvalue weighted by Gasteiger charge is 2.35. The number of aliphatic hydroxyl groups is 1. The van der Waals surface area contributed by atoms with Gasteiger partial charge in [-0.25, -0.2) is 0 Å². The molecule has 0 saturated heterocycles. The Labute approximate surface area is 132 Å². The first kappa shape index (κ1) is 18.9. The molecule has 0 aromatic rings. The van der Waals surface area contributed by atoms with Gasteiger partial charge in [0.05, 0.1) is 5.60 Å². The summed E-state index contributed by atoms with van der Waals surface area (Å²) in [4.78, 5) is 2.33. The number of hydrogen-bond donors (Lipinski definition) is 2. The van der Waals surface area contributed by atoms with Crippen LogP contribution in [0.25, 0.3) is 0 Å². The maximum Gasteiger partial charge on any atom is 0.0718 e. The van der Waals surface area contributed by atoms with E-state index in [1.54, 1.807) is 0 Å². The predicted octanol–water partition coefficient (Wildman–Crippen LogP) is 3.13. The van der Waals surface area contributed by atoms with Crippen LogP contribution < -0.4 is 5.32 Å². The van der Waals surface area contributed by atoms with Gasteiger partial charge in [-0.3, -0.25) is 0 Å². The Kier molecular flexibility index (Phi) is 7.15. The van der Waals surface area contributed by atoms with Crippen LogP contribution in [0.1, 0.15) is 60.3 Å². The lowest BCUT2D eigenvalue weighted by molar-refractivity contribution is 0.0198. The van der Waals surface area contributed by atoms with Crippen molar-refractivity contribution in [1.29, 1.82) is 0 Å². The molecular weight excluding hydrogens is 260 g/mol. The van der Waals surface area contributed by atoms with Crippen LogP contribution in [0.2, 0.25) is 0 Å². The minimum Gasteiger partial charge on any atom is -0.389 e. The van der Waals surface area contributed by atoms with Gasteiger partial charge >= 0.3 is 0 Å². The normalized spacial score (nSPS) is 27.6. The Hall–Kier alpha value is -0.120. The molecule has 0 heterocycles. The van der Waals surface area contributed by atoms with Crippen LogP contribution in [0.3, 0.4) is 0 Å². The lowest BCUT2D eigenvalue weighted by Crippen LogP contribution is -2.48. The Morgan fingerprint density at radius 1 is 1.29 bits per heavy atom. The summed E-state index contributed by atoms with van der Waals surface area (Å²) >= 11 is 0. The summed E-state index contributed by atoms with van der Waals surface area (Å²) in [5.74, 6) is 1.58. The summed E-state index contributed by atoms with van der Waals surface area (Å²) in [6.45, 7) is 14.8. The third-order valence-electron chi connectivity index (χ3n) is 4.65. The zero-order valence-electron chi connectivity index (χ0n) is 15.2. The molecule has 1 rings (SSSR count). The third-order valence-corrected chi connectivity index (χ3v) is 4.65. The second kappa shape index (κ2) is 7.94. The number of likely N-dealkylation sites (N-methyl/N-ethyl adjacent to an activating group) is 1. The van der Waals surface area contributed by atoms with Gasteiger partial charge in [-0.2, -0.15) is 0 Å². The highest BCUT2D eigenvalue weighted by atomic mass is 16.3. The maximum absolute atomic E-state index is 10.0. The molecule has 0 aliphatic heterocycles. The van der Waals surface area contributed by atoms with Gasteiger partial charge in [0, 0.05) is 19.6 Å². The molecule has 126 valence electrons. The molecular formula is C18H38N2O. The molecule has 0 bridgehead atoms. The zero-order valence-corrected chi connectivity index (χ0v) is 15.2. The largest absolute Gasteiger partial charge is 0.389 e. The zero-order chi connectivity index (χ0) is 16.1. The second-order valence-electron chi connectivity index (χ2n) is 8.69. The highest BCUT2D eigenvalue weighted by Crippen LogP contribution is 2.39. The van der Waals surface area contributed by atoms with E-state index < -0.39 is 5.60 Å². The fourth-order valence-corrected chi connectivity index (χ4v) is 3.68. The van der Waals surface area contributed by atoms with Crippen LogP contribution in [-0.4, -0.2) is 48.8 Å². The molecule has 2 N–H and O–H groups in total. The fourth-order valence-electron chi connectivity index (χ4n) is 3.68. The Balaban J connectivity index is 2.59. The van der Waals surface area contributed by atoms with E-state index in [4.69, 9.17) is 0 Å². The van der Waals surface area contributed by atoms with Crippen LogP contribution in [0.4, 0.5) is 0 Å². The van der Waals surface area contributed by atoms with E-state index in [1.165, 1.54) is 25.7 Å². The molecule has 3 nitrogen and oxygen atoms in total. The molecule has 0 radical (unpaired) electrons. The predicted molar refractivity (Wildman–Crippen MR) is 91.6 cm³/mol. The van der Waals surface area contributed by atoms with Crippen molar-refractivity contribution in [2.75, 3.05) is 33.2 Å². The van der Waals surface area contributed by atoms with Crippen LogP contribution in [-0.2, 0) is 0 Å². The van der Waals surface area contributed by atoms with Gasteiger partial charge < -0.3 is 15.3 Å². The van der Waals surface area contributed by atoms with Gasteiger partial charge in [0.1, 0.15) is 0 Å². The SMILES string of the molecule is CC(C)CNCC1(CN(C)CC(C)(C)O)CCC(C)CC1. The summed E-state index contributed by atoms with van der Waals surface area (Å²) < 4.78 is 0. The number of hydrogen-bond acceptors (Lipinski definition) is 3. The summed E-state index contributed by atoms with van der Waals surface area (Å²) in [5.41, 5.74) is -0.218. The molecule has 0 spiro atoms. The van der Waals surface area contributed by atoms with Crippen LogP contribution in [0, 0.1) is 17.3 Å². The molecule has 3 heteroatoms. The van der Waals surface area contributed by atoms with E-state index in [-0.39, 0.29) is 0 Å². The smallest absolute Gasteiger partial charge is 0.0718 e. The average molecular weight is 299 g/mol. The monoisotopic (exact) mass is 298 g/mol. The van der Waals surface area contributed by atoms with Crippen molar-refractivity contribution in [3.8, 4) is 0 Å². The first-order valence-corrected chi connectivity index (χ1v) is 8.73. The van der Waals surface area contributed by atoms with Crippen molar-refractivity contribution < 1.29 is 5.11 Å². The molecule has 0 atom stereocenters. The fraction of sp³-hybridized carbons (Fsp3) is 1.00. The van der Waals surface area contributed by atoms with E-state index in [1.807, 2.05) is 13.8 Å².